The first-order valence-corrected chi connectivity index (χ1v) is 9.70. The molecule has 1 aromatic carbocycles. The molecule has 4 rings (SSSR count). The van der Waals surface area contributed by atoms with Gasteiger partial charge in [-0.15, -0.1) is 11.3 Å². The number of hydrogen-bond donors (Lipinski definition) is 1. The smallest absolute Gasteiger partial charge is 0.319 e. The van der Waals surface area contributed by atoms with E-state index < -0.39 is 0 Å². The fourth-order valence-electron chi connectivity index (χ4n) is 3.19. The Kier molecular flexibility index (Phi) is 5.17. The van der Waals surface area contributed by atoms with Crippen molar-refractivity contribution in [3.8, 4) is 0 Å². The van der Waals surface area contributed by atoms with Gasteiger partial charge in [-0.25, -0.2) is 9.97 Å². The lowest BCUT2D eigenvalue weighted by Crippen LogP contribution is -2.48. The van der Waals surface area contributed by atoms with Crippen LogP contribution in [0.15, 0.2) is 42.0 Å². The summed E-state index contributed by atoms with van der Waals surface area (Å²) in [7, 11) is 1.43. The largest absolute Gasteiger partial charge is 0.468 e. The number of ether oxygens (including phenoxy) is 1. The summed E-state index contributed by atoms with van der Waals surface area (Å²) in [6.45, 7) is 3.86. The molecular formula is C19H21N5O2S. The number of esters is 1. The molecule has 2 aromatic heterocycles. The third-order valence-corrected chi connectivity index (χ3v) is 5.53. The Morgan fingerprint density at radius 1 is 1.15 bits per heavy atom. The number of anilines is 3. The van der Waals surface area contributed by atoms with Gasteiger partial charge in [0.2, 0.25) is 0 Å². The Labute approximate surface area is 161 Å². The normalized spacial score (nSPS) is 15.1. The number of thiophene rings is 1. The number of hydrogen-bond acceptors (Lipinski definition) is 8. The Bertz CT molecular complexity index is 919. The van der Waals surface area contributed by atoms with E-state index in [2.05, 4.69) is 49.4 Å². The standard InChI is InChI=1S/C19H21N5O2S/c1-26-17(25)12-23-7-9-24(10-8-23)15-4-2-14(3-5-15)22-18-16-6-11-27-19(16)21-13-20-18/h2-6,11,13H,7-10,12H2,1H3,(H,20,21,22). The van der Waals surface area contributed by atoms with Gasteiger partial charge in [0.25, 0.3) is 0 Å². The molecule has 3 aromatic rings. The third-order valence-electron chi connectivity index (χ3n) is 4.71. The lowest BCUT2D eigenvalue weighted by Gasteiger charge is -2.35. The van der Waals surface area contributed by atoms with Crippen molar-refractivity contribution in [2.24, 2.45) is 0 Å². The average Bonchev–Trinajstić information content (AvgIpc) is 3.19. The first-order chi connectivity index (χ1) is 13.2. The third kappa shape index (κ3) is 4.01. The zero-order chi connectivity index (χ0) is 18.6. The minimum absolute atomic E-state index is 0.177. The van der Waals surface area contributed by atoms with E-state index >= 15 is 0 Å². The van der Waals surface area contributed by atoms with Crippen molar-refractivity contribution in [1.29, 1.82) is 0 Å². The van der Waals surface area contributed by atoms with Gasteiger partial charge in [-0.3, -0.25) is 9.69 Å². The van der Waals surface area contributed by atoms with Gasteiger partial charge in [0, 0.05) is 37.6 Å². The average molecular weight is 383 g/mol. The molecule has 27 heavy (non-hydrogen) atoms. The van der Waals surface area contributed by atoms with Crippen LogP contribution < -0.4 is 10.2 Å². The van der Waals surface area contributed by atoms with Crippen LogP contribution in [0.3, 0.4) is 0 Å². The maximum Gasteiger partial charge on any atom is 0.319 e. The number of aromatic nitrogens is 2. The topological polar surface area (TPSA) is 70.6 Å². The van der Waals surface area contributed by atoms with Gasteiger partial charge in [-0.05, 0) is 35.7 Å². The first kappa shape index (κ1) is 17.7. The second-order valence-corrected chi connectivity index (χ2v) is 7.27. The van der Waals surface area contributed by atoms with Gasteiger partial charge in [-0.1, -0.05) is 0 Å². The van der Waals surface area contributed by atoms with Crippen molar-refractivity contribution in [2.45, 2.75) is 0 Å². The van der Waals surface area contributed by atoms with Crippen LogP contribution in [0.4, 0.5) is 17.2 Å². The molecule has 1 aliphatic rings. The lowest BCUT2D eigenvalue weighted by atomic mass is 10.2. The highest BCUT2D eigenvalue weighted by molar-refractivity contribution is 7.16. The monoisotopic (exact) mass is 383 g/mol. The quantitative estimate of drug-likeness (QED) is 0.679. The molecule has 0 aliphatic carbocycles. The predicted molar refractivity (Wildman–Crippen MR) is 108 cm³/mol. The van der Waals surface area contributed by atoms with Crippen molar-refractivity contribution in [3.63, 3.8) is 0 Å². The summed E-state index contributed by atoms with van der Waals surface area (Å²) in [6, 6.07) is 10.4. The molecule has 1 aliphatic heterocycles. The minimum atomic E-state index is -0.177. The zero-order valence-corrected chi connectivity index (χ0v) is 15.9. The number of nitrogens with one attached hydrogen (secondary N) is 1. The van der Waals surface area contributed by atoms with Gasteiger partial charge in [0.1, 0.15) is 17.0 Å². The molecule has 1 N–H and O–H groups in total. The molecule has 0 atom stereocenters. The molecule has 1 fully saturated rings. The highest BCUT2D eigenvalue weighted by Gasteiger charge is 2.19. The van der Waals surface area contributed by atoms with E-state index in [1.807, 2.05) is 11.4 Å². The van der Waals surface area contributed by atoms with Crippen LogP contribution in [0.2, 0.25) is 0 Å². The van der Waals surface area contributed by atoms with Crippen molar-refractivity contribution >= 4 is 44.7 Å². The maximum absolute atomic E-state index is 11.4. The number of nitrogens with zero attached hydrogens (tertiary/aromatic N) is 4. The van der Waals surface area contributed by atoms with Crippen molar-refractivity contribution < 1.29 is 9.53 Å². The van der Waals surface area contributed by atoms with E-state index in [0.29, 0.717) is 6.54 Å². The SMILES string of the molecule is COC(=O)CN1CCN(c2ccc(Nc3ncnc4sccc34)cc2)CC1. The van der Waals surface area contributed by atoms with Gasteiger partial charge in [0.05, 0.1) is 19.0 Å². The van der Waals surface area contributed by atoms with Gasteiger partial charge in [0.15, 0.2) is 0 Å². The van der Waals surface area contributed by atoms with E-state index in [1.54, 1.807) is 17.7 Å². The molecule has 0 spiro atoms. The number of piperazine rings is 1. The fourth-order valence-corrected chi connectivity index (χ4v) is 3.93. The van der Waals surface area contributed by atoms with Crippen molar-refractivity contribution in [3.05, 3.63) is 42.0 Å². The summed E-state index contributed by atoms with van der Waals surface area (Å²) in [5, 5.41) is 6.43. The van der Waals surface area contributed by atoms with Crippen LogP contribution in [0.25, 0.3) is 10.2 Å². The van der Waals surface area contributed by atoms with Gasteiger partial charge < -0.3 is 15.0 Å². The number of fused-ring (bicyclic) bond motifs is 1. The number of carbonyl (C=O) groups excluding carboxylic acids is 1. The van der Waals surface area contributed by atoms with Crippen LogP contribution >= 0.6 is 11.3 Å². The van der Waals surface area contributed by atoms with Crippen LogP contribution in [0.5, 0.6) is 0 Å². The van der Waals surface area contributed by atoms with E-state index in [9.17, 15) is 4.79 Å². The molecule has 0 radical (unpaired) electrons. The Morgan fingerprint density at radius 3 is 2.67 bits per heavy atom. The Morgan fingerprint density at radius 2 is 1.93 bits per heavy atom. The first-order valence-electron chi connectivity index (χ1n) is 8.82. The van der Waals surface area contributed by atoms with Crippen molar-refractivity contribution in [1.82, 2.24) is 14.9 Å². The van der Waals surface area contributed by atoms with E-state index in [0.717, 1.165) is 47.9 Å². The van der Waals surface area contributed by atoms with Crippen LogP contribution in [0, 0.1) is 0 Å². The summed E-state index contributed by atoms with van der Waals surface area (Å²) >= 11 is 1.61. The molecule has 1 saturated heterocycles. The molecule has 7 nitrogen and oxygen atoms in total. The minimum Gasteiger partial charge on any atom is -0.468 e. The van der Waals surface area contributed by atoms with Gasteiger partial charge in [-0.2, -0.15) is 0 Å². The Hall–Kier alpha value is -2.71. The van der Waals surface area contributed by atoms with E-state index in [1.165, 1.54) is 12.8 Å². The molecular weight excluding hydrogens is 362 g/mol. The van der Waals surface area contributed by atoms with Crippen LogP contribution in [0.1, 0.15) is 0 Å². The van der Waals surface area contributed by atoms with Crippen LogP contribution in [-0.4, -0.2) is 60.7 Å². The highest BCUT2D eigenvalue weighted by Crippen LogP contribution is 2.27. The fraction of sp³-hybridized carbons (Fsp3) is 0.316. The number of methoxy groups -OCH3 is 1. The highest BCUT2D eigenvalue weighted by atomic mass is 32.1. The predicted octanol–water partition coefficient (Wildman–Crippen LogP) is 2.73. The summed E-state index contributed by atoms with van der Waals surface area (Å²) in [5.74, 6) is 0.647. The summed E-state index contributed by atoms with van der Waals surface area (Å²) in [4.78, 5) is 25.5. The molecule has 3 heterocycles. The van der Waals surface area contributed by atoms with Crippen molar-refractivity contribution in [2.75, 3.05) is 50.1 Å². The molecule has 0 saturated carbocycles. The zero-order valence-electron chi connectivity index (χ0n) is 15.1. The molecule has 8 heteroatoms. The van der Waals surface area contributed by atoms with Crippen LogP contribution in [-0.2, 0) is 9.53 Å². The Balaban J connectivity index is 1.38. The van der Waals surface area contributed by atoms with E-state index in [-0.39, 0.29) is 5.97 Å². The number of carbonyl (C=O) groups is 1. The molecule has 0 unspecified atom stereocenters. The van der Waals surface area contributed by atoms with Gasteiger partial charge >= 0.3 is 5.97 Å². The number of rotatable bonds is 5. The lowest BCUT2D eigenvalue weighted by molar-refractivity contribution is -0.142. The summed E-state index contributed by atoms with van der Waals surface area (Å²) < 4.78 is 4.74. The van der Waals surface area contributed by atoms with E-state index in [4.69, 9.17) is 4.74 Å². The molecule has 0 amide bonds. The second-order valence-electron chi connectivity index (χ2n) is 6.37. The molecule has 140 valence electrons. The maximum atomic E-state index is 11.4. The summed E-state index contributed by atoms with van der Waals surface area (Å²) in [5.41, 5.74) is 2.18. The number of benzene rings is 1. The molecule has 0 bridgehead atoms. The summed E-state index contributed by atoms with van der Waals surface area (Å²) in [6.07, 6.45) is 1.59. The second kappa shape index (κ2) is 7.89.